The fraction of sp³-hybridized carbons (Fsp3) is 0.273. The number of hydrogen-bond donors (Lipinski definition) is 1. The lowest BCUT2D eigenvalue weighted by molar-refractivity contribution is 0.102. The van der Waals surface area contributed by atoms with E-state index in [0.717, 1.165) is 25.0 Å². The Balaban J connectivity index is 1.75. The molecule has 2 aromatic rings. The number of aryl methyl sites for hydroxylation is 2. The Labute approximate surface area is 112 Å². The highest BCUT2D eigenvalue weighted by Crippen LogP contribution is 2.30. The Hall–Kier alpha value is -1.53. The molecule has 1 N–H and O–H groups in total. The van der Waals surface area contributed by atoms with Gasteiger partial charge in [-0.1, -0.05) is 11.6 Å². The molecule has 0 saturated heterocycles. The average molecular weight is 281 g/mol. The third kappa shape index (κ3) is 2.21. The molecule has 1 aliphatic rings. The Morgan fingerprint density at radius 2 is 2.22 bits per heavy atom. The second-order valence-corrected chi connectivity index (χ2v) is 5.39. The molecule has 0 atom stereocenters. The predicted molar refractivity (Wildman–Crippen MR) is 69.1 cm³/mol. The van der Waals surface area contributed by atoms with Crippen LogP contribution >= 0.6 is 22.9 Å². The maximum absolute atomic E-state index is 11.9. The molecule has 2 heterocycles. The number of nitrogens with one attached hydrogen (secondary N) is 1. The maximum Gasteiger partial charge on any atom is 0.277 e. The number of amides is 1. The smallest absolute Gasteiger partial charge is 0.277 e. The van der Waals surface area contributed by atoms with Gasteiger partial charge < -0.3 is 0 Å². The number of fused-ring (bicyclic) bond motifs is 1. The third-order valence-corrected chi connectivity index (χ3v) is 3.94. The molecule has 7 heteroatoms. The highest BCUT2D eigenvalue weighted by molar-refractivity contribution is 7.15. The van der Waals surface area contributed by atoms with E-state index in [-0.39, 0.29) is 16.8 Å². The molecule has 0 aliphatic heterocycles. The SMILES string of the molecule is O=C(Nc1nc2c(s1)CCC2)c1cnc(Cl)cn1. The van der Waals surface area contributed by atoms with Crippen LogP contribution in [0.3, 0.4) is 0 Å². The van der Waals surface area contributed by atoms with E-state index in [1.165, 1.54) is 28.6 Å². The van der Waals surface area contributed by atoms with Crippen molar-refractivity contribution in [1.82, 2.24) is 15.0 Å². The zero-order chi connectivity index (χ0) is 12.5. The van der Waals surface area contributed by atoms with Gasteiger partial charge in [0.25, 0.3) is 5.91 Å². The zero-order valence-electron chi connectivity index (χ0n) is 9.31. The van der Waals surface area contributed by atoms with Gasteiger partial charge in [0.2, 0.25) is 0 Å². The van der Waals surface area contributed by atoms with Gasteiger partial charge in [-0.15, -0.1) is 11.3 Å². The molecule has 18 heavy (non-hydrogen) atoms. The van der Waals surface area contributed by atoms with Gasteiger partial charge in [0.15, 0.2) is 5.13 Å². The van der Waals surface area contributed by atoms with Crippen LogP contribution in [0.15, 0.2) is 12.4 Å². The van der Waals surface area contributed by atoms with Gasteiger partial charge in [-0.3, -0.25) is 10.1 Å². The Kier molecular flexibility index (Phi) is 2.97. The Morgan fingerprint density at radius 1 is 1.33 bits per heavy atom. The minimum atomic E-state index is -0.313. The van der Waals surface area contributed by atoms with E-state index in [0.29, 0.717) is 5.13 Å². The van der Waals surface area contributed by atoms with E-state index >= 15 is 0 Å². The first-order chi connectivity index (χ1) is 8.72. The van der Waals surface area contributed by atoms with E-state index in [9.17, 15) is 4.79 Å². The molecule has 1 aliphatic carbocycles. The lowest BCUT2D eigenvalue weighted by Gasteiger charge is -2.00. The highest BCUT2D eigenvalue weighted by Gasteiger charge is 2.18. The molecular formula is C11H9ClN4OS. The normalized spacial score (nSPS) is 13.4. The first kappa shape index (κ1) is 11.6. The lowest BCUT2D eigenvalue weighted by Crippen LogP contribution is -2.13. The zero-order valence-corrected chi connectivity index (χ0v) is 10.9. The van der Waals surface area contributed by atoms with Crippen molar-refractivity contribution in [2.75, 3.05) is 5.32 Å². The van der Waals surface area contributed by atoms with Gasteiger partial charge in [0.05, 0.1) is 18.1 Å². The summed E-state index contributed by atoms with van der Waals surface area (Å²) in [5.74, 6) is -0.313. The summed E-state index contributed by atoms with van der Waals surface area (Å²) >= 11 is 7.14. The molecule has 1 amide bonds. The standard InChI is InChI=1S/C11H9ClN4OS/c12-9-5-13-7(4-14-9)10(17)16-11-15-6-2-1-3-8(6)18-11/h4-5H,1-3H2,(H,15,16,17). The topological polar surface area (TPSA) is 67.8 Å². The van der Waals surface area contributed by atoms with Crippen molar-refractivity contribution in [3.63, 3.8) is 0 Å². The Bertz CT molecular complexity index is 574. The number of carbonyl (C=O) groups excluding carboxylic acids is 1. The van der Waals surface area contributed by atoms with Crippen LogP contribution in [0.2, 0.25) is 5.15 Å². The van der Waals surface area contributed by atoms with Crippen molar-refractivity contribution in [2.24, 2.45) is 0 Å². The molecule has 0 fully saturated rings. The fourth-order valence-electron chi connectivity index (χ4n) is 1.83. The molecule has 0 unspecified atom stereocenters. The van der Waals surface area contributed by atoms with Crippen LogP contribution in [0.5, 0.6) is 0 Å². The van der Waals surface area contributed by atoms with Gasteiger partial charge in [0, 0.05) is 4.88 Å². The number of rotatable bonds is 2. The quantitative estimate of drug-likeness (QED) is 0.917. The van der Waals surface area contributed by atoms with Crippen LogP contribution < -0.4 is 5.32 Å². The van der Waals surface area contributed by atoms with Crippen molar-refractivity contribution in [1.29, 1.82) is 0 Å². The van der Waals surface area contributed by atoms with Crippen molar-refractivity contribution in [3.05, 3.63) is 33.8 Å². The summed E-state index contributed by atoms with van der Waals surface area (Å²) in [5.41, 5.74) is 1.34. The molecule has 0 saturated carbocycles. The highest BCUT2D eigenvalue weighted by atomic mass is 35.5. The van der Waals surface area contributed by atoms with Crippen molar-refractivity contribution < 1.29 is 4.79 Å². The van der Waals surface area contributed by atoms with Crippen LogP contribution in [-0.2, 0) is 12.8 Å². The molecule has 5 nitrogen and oxygen atoms in total. The van der Waals surface area contributed by atoms with Crippen LogP contribution in [0.1, 0.15) is 27.5 Å². The average Bonchev–Trinajstić information content (AvgIpc) is 2.90. The number of carbonyl (C=O) groups is 1. The minimum Gasteiger partial charge on any atom is -0.296 e. The summed E-state index contributed by atoms with van der Waals surface area (Å²) in [6, 6.07) is 0. The van der Waals surface area contributed by atoms with Gasteiger partial charge in [-0.2, -0.15) is 0 Å². The first-order valence-electron chi connectivity index (χ1n) is 5.50. The fourth-order valence-corrected chi connectivity index (χ4v) is 2.98. The van der Waals surface area contributed by atoms with Crippen LogP contribution in [-0.4, -0.2) is 20.9 Å². The molecule has 92 valence electrons. The summed E-state index contributed by atoms with van der Waals surface area (Å²) in [4.78, 5) is 25.2. The second-order valence-electron chi connectivity index (χ2n) is 3.92. The summed E-state index contributed by atoms with van der Waals surface area (Å²) in [6.45, 7) is 0. The van der Waals surface area contributed by atoms with E-state index in [1.807, 2.05) is 0 Å². The molecule has 0 bridgehead atoms. The first-order valence-corrected chi connectivity index (χ1v) is 6.69. The van der Waals surface area contributed by atoms with Crippen molar-refractivity contribution >= 4 is 34.0 Å². The minimum absolute atomic E-state index is 0.231. The molecule has 0 aromatic carbocycles. The summed E-state index contributed by atoms with van der Waals surface area (Å²) in [6.07, 6.45) is 5.91. The number of halogens is 1. The molecule has 0 spiro atoms. The largest absolute Gasteiger partial charge is 0.296 e. The van der Waals surface area contributed by atoms with E-state index in [2.05, 4.69) is 20.3 Å². The van der Waals surface area contributed by atoms with E-state index in [1.54, 1.807) is 0 Å². The van der Waals surface area contributed by atoms with Crippen LogP contribution in [0, 0.1) is 0 Å². The maximum atomic E-state index is 11.9. The summed E-state index contributed by atoms with van der Waals surface area (Å²) in [5, 5.41) is 3.62. The van der Waals surface area contributed by atoms with Gasteiger partial charge in [0.1, 0.15) is 10.8 Å². The van der Waals surface area contributed by atoms with Crippen LogP contribution in [0.25, 0.3) is 0 Å². The van der Waals surface area contributed by atoms with Crippen molar-refractivity contribution in [2.45, 2.75) is 19.3 Å². The molecule has 2 aromatic heterocycles. The number of aromatic nitrogens is 3. The second kappa shape index (κ2) is 4.62. The van der Waals surface area contributed by atoms with E-state index in [4.69, 9.17) is 11.6 Å². The number of anilines is 1. The number of hydrogen-bond acceptors (Lipinski definition) is 5. The van der Waals surface area contributed by atoms with Crippen molar-refractivity contribution in [3.8, 4) is 0 Å². The predicted octanol–water partition coefficient (Wildman–Crippen LogP) is 2.33. The van der Waals surface area contributed by atoms with Gasteiger partial charge in [-0.05, 0) is 19.3 Å². The number of nitrogens with zero attached hydrogens (tertiary/aromatic N) is 3. The Morgan fingerprint density at radius 3 is 2.94 bits per heavy atom. The molecule has 3 rings (SSSR count). The lowest BCUT2D eigenvalue weighted by atomic mass is 10.4. The monoisotopic (exact) mass is 280 g/mol. The number of thiazole rings is 1. The summed E-state index contributed by atoms with van der Waals surface area (Å²) in [7, 11) is 0. The van der Waals surface area contributed by atoms with E-state index < -0.39 is 0 Å². The van der Waals surface area contributed by atoms with Gasteiger partial charge in [-0.25, -0.2) is 15.0 Å². The molecule has 0 radical (unpaired) electrons. The summed E-state index contributed by atoms with van der Waals surface area (Å²) < 4.78 is 0. The van der Waals surface area contributed by atoms with Gasteiger partial charge >= 0.3 is 0 Å². The molecular weight excluding hydrogens is 272 g/mol. The van der Waals surface area contributed by atoms with Crippen LogP contribution in [0.4, 0.5) is 5.13 Å². The third-order valence-electron chi connectivity index (χ3n) is 2.67.